The molecule has 0 saturated carbocycles. The number of hydrogen-bond donors (Lipinski definition) is 0. The first-order valence-corrected chi connectivity index (χ1v) is 7.43. The van der Waals surface area contributed by atoms with Crippen LogP contribution in [0.4, 0.5) is 11.4 Å². The summed E-state index contributed by atoms with van der Waals surface area (Å²) >= 11 is 0. The van der Waals surface area contributed by atoms with E-state index in [4.69, 9.17) is 0 Å². The van der Waals surface area contributed by atoms with Gasteiger partial charge < -0.3 is 9.80 Å². The first-order chi connectivity index (χ1) is 10.5. The van der Waals surface area contributed by atoms with Gasteiger partial charge >= 0.3 is 0 Å². The predicted octanol–water partition coefficient (Wildman–Crippen LogP) is 4.72. The highest BCUT2D eigenvalue weighted by Crippen LogP contribution is 2.29. The van der Waals surface area contributed by atoms with Crippen molar-refractivity contribution < 1.29 is 0 Å². The Morgan fingerprint density at radius 1 is 1.00 bits per heavy atom. The average molecular weight is 292 g/mol. The van der Waals surface area contributed by atoms with Crippen molar-refractivity contribution >= 4 is 16.9 Å². The molecule has 0 aliphatic carbocycles. The summed E-state index contributed by atoms with van der Waals surface area (Å²) < 4.78 is 0. The lowest BCUT2D eigenvalue weighted by Crippen LogP contribution is -2.22. The van der Waals surface area contributed by atoms with Crippen LogP contribution >= 0.6 is 0 Å². The molecular formula is C20H24N2. The third kappa shape index (κ3) is 3.59. The summed E-state index contributed by atoms with van der Waals surface area (Å²) in [6, 6.07) is 16.8. The van der Waals surface area contributed by atoms with Crippen LogP contribution in [0.25, 0.3) is 5.57 Å². The maximum absolute atomic E-state index is 4.24. The molecule has 0 aliphatic heterocycles. The van der Waals surface area contributed by atoms with Crippen LogP contribution in [0.15, 0.2) is 67.9 Å². The van der Waals surface area contributed by atoms with Crippen molar-refractivity contribution in [3.63, 3.8) is 0 Å². The summed E-state index contributed by atoms with van der Waals surface area (Å²) in [4.78, 5) is 4.25. The van der Waals surface area contributed by atoms with Gasteiger partial charge in [-0.1, -0.05) is 55.1 Å². The van der Waals surface area contributed by atoms with Gasteiger partial charge in [-0.05, 0) is 36.4 Å². The van der Waals surface area contributed by atoms with Crippen molar-refractivity contribution in [3.8, 4) is 0 Å². The van der Waals surface area contributed by atoms with E-state index in [-0.39, 0.29) is 0 Å². The molecule has 0 spiro atoms. The van der Waals surface area contributed by atoms with Crippen LogP contribution in [-0.4, -0.2) is 20.6 Å². The van der Waals surface area contributed by atoms with E-state index in [0.29, 0.717) is 0 Å². The van der Waals surface area contributed by atoms with E-state index >= 15 is 0 Å². The molecule has 2 aromatic carbocycles. The summed E-state index contributed by atoms with van der Waals surface area (Å²) in [5.41, 5.74) is 5.86. The fourth-order valence-electron chi connectivity index (χ4n) is 2.44. The molecular weight excluding hydrogens is 268 g/mol. The van der Waals surface area contributed by atoms with Gasteiger partial charge in [-0.25, -0.2) is 0 Å². The number of rotatable bonds is 6. The number of aryl methyl sites for hydroxylation is 1. The zero-order valence-corrected chi connectivity index (χ0v) is 13.7. The molecule has 2 rings (SSSR count). The van der Waals surface area contributed by atoms with Gasteiger partial charge in [0, 0.05) is 20.6 Å². The van der Waals surface area contributed by atoms with E-state index in [1.165, 1.54) is 11.1 Å². The summed E-state index contributed by atoms with van der Waals surface area (Å²) in [5.74, 6) is 0. The van der Waals surface area contributed by atoms with E-state index in [1.54, 1.807) is 0 Å². The zero-order chi connectivity index (χ0) is 16.1. The van der Waals surface area contributed by atoms with Crippen LogP contribution in [0.2, 0.25) is 0 Å². The monoisotopic (exact) mass is 292 g/mol. The van der Waals surface area contributed by atoms with Crippen LogP contribution in [0, 0.1) is 6.92 Å². The highest BCUT2D eigenvalue weighted by Gasteiger charge is 2.10. The van der Waals surface area contributed by atoms with Gasteiger partial charge in [0.05, 0.1) is 11.4 Å². The number of para-hydroxylation sites is 2. The second-order valence-electron chi connectivity index (χ2n) is 5.61. The third-order valence-corrected chi connectivity index (χ3v) is 3.83. The van der Waals surface area contributed by atoms with Crippen LogP contribution < -0.4 is 9.80 Å². The molecule has 0 radical (unpaired) electrons. The minimum atomic E-state index is 0.783. The van der Waals surface area contributed by atoms with Crippen LogP contribution in [-0.2, 0) is 0 Å². The molecule has 0 atom stereocenters. The first kappa shape index (κ1) is 15.9. The Balaban J connectivity index is 2.18. The van der Waals surface area contributed by atoms with Gasteiger partial charge in [-0.15, -0.1) is 0 Å². The van der Waals surface area contributed by atoms with Gasteiger partial charge in [-0.2, -0.15) is 0 Å². The quantitative estimate of drug-likeness (QED) is 0.760. The van der Waals surface area contributed by atoms with Gasteiger partial charge in [0.2, 0.25) is 0 Å². The maximum Gasteiger partial charge on any atom is 0.0641 e. The minimum absolute atomic E-state index is 0.783. The summed E-state index contributed by atoms with van der Waals surface area (Å²) in [7, 11) is 4.10. The predicted molar refractivity (Wildman–Crippen MR) is 98.5 cm³/mol. The second-order valence-corrected chi connectivity index (χ2v) is 5.61. The van der Waals surface area contributed by atoms with E-state index in [1.807, 2.05) is 24.2 Å². The van der Waals surface area contributed by atoms with E-state index < -0.39 is 0 Å². The molecule has 114 valence electrons. The highest BCUT2D eigenvalue weighted by molar-refractivity contribution is 5.75. The molecule has 0 N–H and O–H groups in total. The molecule has 2 heteroatoms. The second kappa shape index (κ2) is 6.99. The fourth-order valence-corrected chi connectivity index (χ4v) is 2.44. The molecule has 0 aliphatic rings. The number of nitrogens with zero attached hydrogens (tertiary/aromatic N) is 2. The lowest BCUT2D eigenvalue weighted by molar-refractivity contribution is 1.03. The Kier molecular flexibility index (Phi) is 5.05. The summed E-state index contributed by atoms with van der Waals surface area (Å²) in [5, 5.41) is 0. The largest absolute Gasteiger partial charge is 0.369 e. The van der Waals surface area contributed by atoms with Crippen molar-refractivity contribution in [3.05, 3.63) is 79.0 Å². The zero-order valence-electron chi connectivity index (χ0n) is 13.7. The molecule has 22 heavy (non-hydrogen) atoms. The van der Waals surface area contributed by atoms with Crippen molar-refractivity contribution in [2.75, 3.05) is 30.4 Å². The van der Waals surface area contributed by atoms with E-state index in [0.717, 1.165) is 23.5 Å². The normalized spacial score (nSPS) is 10.1. The fraction of sp³-hybridized carbons (Fsp3) is 0.200. The van der Waals surface area contributed by atoms with Gasteiger partial charge in [-0.3, -0.25) is 0 Å². The average Bonchev–Trinajstić information content (AvgIpc) is 2.54. The smallest absolute Gasteiger partial charge is 0.0641 e. The van der Waals surface area contributed by atoms with Crippen molar-refractivity contribution in [1.82, 2.24) is 0 Å². The van der Waals surface area contributed by atoms with Crippen LogP contribution in [0.5, 0.6) is 0 Å². The van der Waals surface area contributed by atoms with Crippen molar-refractivity contribution in [2.24, 2.45) is 0 Å². The van der Waals surface area contributed by atoms with E-state index in [9.17, 15) is 0 Å². The molecule has 0 heterocycles. The highest BCUT2D eigenvalue weighted by atomic mass is 15.2. The maximum atomic E-state index is 4.24. The molecule has 2 nitrogen and oxygen atoms in total. The molecule has 0 unspecified atom stereocenters. The van der Waals surface area contributed by atoms with Crippen molar-refractivity contribution in [1.29, 1.82) is 0 Å². The minimum Gasteiger partial charge on any atom is -0.369 e. The molecule has 0 saturated heterocycles. The van der Waals surface area contributed by atoms with Gasteiger partial charge in [0.1, 0.15) is 0 Å². The number of anilines is 2. The Morgan fingerprint density at radius 2 is 1.59 bits per heavy atom. The Hall–Kier alpha value is -2.48. The first-order valence-electron chi connectivity index (χ1n) is 7.43. The van der Waals surface area contributed by atoms with E-state index in [2.05, 4.69) is 74.5 Å². The molecule has 2 aromatic rings. The lowest BCUT2D eigenvalue weighted by Gasteiger charge is -2.26. The van der Waals surface area contributed by atoms with Gasteiger partial charge in [0.25, 0.3) is 0 Å². The van der Waals surface area contributed by atoms with Crippen LogP contribution in [0.3, 0.4) is 0 Å². The summed E-state index contributed by atoms with van der Waals surface area (Å²) in [6.45, 7) is 11.0. The number of benzene rings is 2. The van der Waals surface area contributed by atoms with Crippen molar-refractivity contribution in [2.45, 2.75) is 6.92 Å². The Bertz CT molecular complexity index is 656. The Morgan fingerprint density at radius 3 is 2.18 bits per heavy atom. The topological polar surface area (TPSA) is 6.48 Å². The molecule has 0 fully saturated rings. The number of likely N-dealkylation sites (N-methyl/N-ethyl adjacent to an activating group) is 1. The third-order valence-electron chi connectivity index (χ3n) is 3.83. The summed E-state index contributed by atoms with van der Waals surface area (Å²) in [6.07, 6.45) is 1.82. The molecule has 0 aromatic heterocycles. The molecule has 0 bridgehead atoms. The standard InChI is InChI=1S/C20H24N2/c1-6-21(4)19-9-7-8-10-20(19)22(5)15-17(3)18-13-11-16(2)12-14-18/h6-14H,1,3,15H2,2,4-5H3. The van der Waals surface area contributed by atoms with Gasteiger partial charge in [0.15, 0.2) is 0 Å². The Labute approximate surface area is 134 Å². The molecule has 0 amide bonds. The lowest BCUT2D eigenvalue weighted by atomic mass is 10.1. The van der Waals surface area contributed by atoms with Crippen LogP contribution in [0.1, 0.15) is 11.1 Å². The SMILES string of the molecule is C=CN(C)c1ccccc1N(C)CC(=C)c1ccc(C)cc1. The number of hydrogen-bond acceptors (Lipinski definition) is 2.